The van der Waals surface area contributed by atoms with Crippen molar-refractivity contribution < 1.29 is 14.3 Å². The fourth-order valence-electron chi connectivity index (χ4n) is 5.18. The van der Waals surface area contributed by atoms with Crippen LogP contribution in [0.2, 0.25) is 5.02 Å². The third-order valence-electron chi connectivity index (χ3n) is 6.93. The number of rotatable bonds is 4. The number of fused-ring (bicyclic) bond motifs is 2. The molecule has 0 radical (unpaired) electrons. The van der Waals surface area contributed by atoms with Gasteiger partial charge in [0.1, 0.15) is 17.8 Å². The van der Waals surface area contributed by atoms with E-state index in [4.69, 9.17) is 31.9 Å². The highest BCUT2D eigenvalue weighted by Gasteiger charge is 2.30. The lowest BCUT2D eigenvalue weighted by Crippen LogP contribution is -2.38. The molecular weight excluding hydrogens is 482 g/mol. The van der Waals surface area contributed by atoms with Gasteiger partial charge in [-0.05, 0) is 31.1 Å². The van der Waals surface area contributed by atoms with Crippen molar-refractivity contribution in [2.24, 2.45) is 7.05 Å². The number of halogens is 1. The van der Waals surface area contributed by atoms with Gasteiger partial charge in [0.05, 0.1) is 28.3 Å². The Bertz CT molecular complexity index is 1520. The lowest BCUT2D eigenvalue weighted by molar-refractivity contribution is -0.127. The summed E-state index contributed by atoms with van der Waals surface area (Å²) in [5, 5.41) is 5.88. The van der Waals surface area contributed by atoms with E-state index in [-0.39, 0.29) is 18.7 Å². The van der Waals surface area contributed by atoms with Crippen molar-refractivity contribution in [1.29, 1.82) is 0 Å². The summed E-state index contributed by atoms with van der Waals surface area (Å²) in [6.07, 6.45) is 8.28. The summed E-state index contributed by atoms with van der Waals surface area (Å²) in [5.74, 6) is 1.48. The van der Waals surface area contributed by atoms with Gasteiger partial charge in [-0.2, -0.15) is 5.10 Å². The van der Waals surface area contributed by atoms with Crippen LogP contribution in [0.15, 0.2) is 43.5 Å². The van der Waals surface area contributed by atoms with Gasteiger partial charge in [0.25, 0.3) is 0 Å². The van der Waals surface area contributed by atoms with Crippen molar-refractivity contribution in [1.82, 2.24) is 29.2 Å². The first-order valence-corrected chi connectivity index (χ1v) is 12.0. The molecule has 4 aromatic rings. The van der Waals surface area contributed by atoms with Crippen molar-refractivity contribution in [2.75, 3.05) is 25.6 Å². The third-order valence-corrected chi connectivity index (χ3v) is 7.25. The van der Waals surface area contributed by atoms with Gasteiger partial charge in [0.15, 0.2) is 11.5 Å². The number of nitrogens with two attached hydrogens (primary N) is 1. The minimum absolute atomic E-state index is 0.0353. The number of aryl methyl sites for hydroxylation is 1. The molecule has 2 aliphatic heterocycles. The Morgan fingerprint density at radius 2 is 2.03 bits per heavy atom. The van der Waals surface area contributed by atoms with Crippen LogP contribution in [-0.2, 0) is 11.8 Å². The van der Waals surface area contributed by atoms with Crippen molar-refractivity contribution in [3.05, 3.63) is 48.5 Å². The number of carbonyl (C=O) groups excluding carboxylic acids is 1. The maximum atomic E-state index is 12.0. The Hall–Kier alpha value is -4.05. The molecule has 1 aromatic carbocycles. The molecule has 0 spiro atoms. The van der Waals surface area contributed by atoms with E-state index in [1.807, 2.05) is 33.6 Å². The zero-order valence-electron chi connectivity index (χ0n) is 19.6. The van der Waals surface area contributed by atoms with Gasteiger partial charge in [-0.25, -0.2) is 9.97 Å². The number of hydrogen-bond acceptors (Lipinski definition) is 7. The number of aromatic nitrogens is 5. The van der Waals surface area contributed by atoms with Gasteiger partial charge in [-0.1, -0.05) is 18.2 Å². The molecule has 6 rings (SSSR count). The first kappa shape index (κ1) is 22.4. The minimum atomic E-state index is -0.0353. The van der Waals surface area contributed by atoms with Gasteiger partial charge in [0.2, 0.25) is 12.7 Å². The summed E-state index contributed by atoms with van der Waals surface area (Å²) in [7, 11) is 1.93. The number of hydrogen-bond donors (Lipinski definition) is 1. The number of carbonyl (C=O) groups is 1. The van der Waals surface area contributed by atoms with Crippen LogP contribution in [0.25, 0.3) is 33.4 Å². The fraction of sp³-hybridized carbons (Fsp3) is 0.280. The highest BCUT2D eigenvalue weighted by atomic mass is 35.5. The molecule has 0 aliphatic carbocycles. The number of ether oxygens (including phenoxy) is 2. The van der Waals surface area contributed by atoms with E-state index in [2.05, 4.69) is 16.5 Å². The van der Waals surface area contributed by atoms with E-state index in [0.717, 1.165) is 29.7 Å². The molecule has 1 saturated heterocycles. The number of nitrogen functional groups attached to an aromatic ring is 1. The molecule has 3 aromatic heterocycles. The molecule has 184 valence electrons. The van der Waals surface area contributed by atoms with Gasteiger partial charge in [-0.15, -0.1) is 0 Å². The third kappa shape index (κ3) is 3.40. The van der Waals surface area contributed by atoms with Crippen LogP contribution in [0.3, 0.4) is 0 Å². The highest BCUT2D eigenvalue weighted by molar-refractivity contribution is 6.35. The van der Waals surface area contributed by atoms with Crippen molar-refractivity contribution in [3.8, 4) is 33.9 Å². The molecule has 0 atom stereocenters. The quantitative estimate of drug-likeness (QED) is 0.419. The molecule has 11 heteroatoms. The van der Waals surface area contributed by atoms with Crippen molar-refractivity contribution in [3.63, 3.8) is 0 Å². The van der Waals surface area contributed by atoms with Crippen LogP contribution in [0, 0.1) is 0 Å². The number of amides is 1. The topological polar surface area (TPSA) is 113 Å². The summed E-state index contributed by atoms with van der Waals surface area (Å²) in [5.41, 5.74) is 10.2. The van der Waals surface area contributed by atoms with E-state index < -0.39 is 0 Å². The zero-order chi connectivity index (χ0) is 25.0. The molecule has 0 bridgehead atoms. The predicted octanol–water partition coefficient (Wildman–Crippen LogP) is 3.81. The average molecular weight is 506 g/mol. The summed E-state index contributed by atoms with van der Waals surface area (Å²) in [6, 6.07) is 3.76. The molecular formula is C25H24ClN7O3. The van der Waals surface area contributed by atoms with Crippen LogP contribution in [0.1, 0.15) is 18.9 Å². The lowest BCUT2D eigenvalue weighted by atomic mass is 9.98. The largest absolute Gasteiger partial charge is 0.454 e. The smallest absolute Gasteiger partial charge is 0.245 e. The lowest BCUT2D eigenvalue weighted by Gasteiger charge is -2.31. The van der Waals surface area contributed by atoms with E-state index in [1.165, 1.54) is 12.4 Å². The maximum Gasteiger partial charge on any atom is 0.245 e. The second kappa shape index (κ2) is 8.56. The van der Waals surface area contributed by atoms with Gasteiger partial charge in [0, 0.05) is 43.0 Å². The van der Waals surface area contributed by atoms with Crippen LogP contribution >= 0.6 is 11.6 Å². The van der Waals surface area contributed by atoms with E-state index in [1.54, 1.807) is 12.1 Å². The standard InChI is InChI=1S/C25H24ClN7O3/c1-3-18(34)32-8-6-15(7-9-32)33-11-14(10-30-33)22-20(21-24(27)28-12-29-25(21)31(22)2)19-16(26)4-5-17-23(19)36-13-35-17/h3-5,10-12,15H,1,6-9,13H2,2H3,(H2,27,28,29). The molecule has 0 unspecified atom stereocenters. The second-order valence-corrected chi connectivity index (χ2v) is 9.27. The van der Waals surface area contributed by atoms with Crippen LogP contribution in [0.4, 0.5) is 5.82 Å². The monoisotopic (exact) mass is 505 g/mol. The van der Waals surface area contributed by atoms with Crippen molar-refractivity contribution in [2.45, 2.75) is 18.9 Å². The zero-order valence-corrected chi connectivity index (χ0v) is 20.4. The van der Waals surface area contributed by atoms with Gasteiger partial charge in [-0.3, -0.25) is 9.48 Å². The Labute approximate surface area is 211 Å². The molecule has 2 N–H and O–H groups in total. The van der Waals surface area contributed by atoms with Gasteiger partial charge < -0.3 is 24.7 Å². The van der Waals surface area contributed by atoms with Crippen molar-refractivity contribution >= 4 is 34.4 Å². The summed E-state index contributed by atoms with van der Waals surface area (Å²) < 4.78 is 15.4. The number of nitrogens with zero attached hydrogens (tertiary/aromatic N) is 6. The van der Waals surface area contributed by atoms with Gasteiger partial charge >= 0.3 is 0 Å². The fourth-order valence-corrected chi connectivity index (χ4v) is 5.42. The molecule has 1 amide bonds. The molecule has 2 aliphatic rings. The number of likely N-dealkylation sites (tertiary alicyclic amines) is 1. The van der Waals surface area contributed by atoms with E-state index >= 15 is 0 Å². The maximum absolute atomic E-state index is 12.0. The van der Waals surface area contributed by atoms with Crippen LogP contribution in [-0.4, -0.2) is 55.0 Å². The SMILES string of the molecule is C=CC(=O)N1CCC(n2cc(-c3c(-c4c(Cl)ccc5c4OCO5)c4c(N)ncnc4n3C)cn2)CC1. The molecule has 1 fully saturated rings. The molecule has 5 heterocycles. The second-order valence-electron chi connectivity index (χ2n) is 8.87. The number of anilines is 1. The number of piperidine rings is 1. The Morgan fingerprint density at radius 3 is 2.81 bits per heavy atom. The van der Waals surface area contributed by atoms with E-state index in [9.17, 15) is 4.79 Å². The minimum Gasteiger partial charge on any atom is -0.454 e. The predicted molar refractivity (Wildman–Crippen MR) is 136 cm³/mol. The highest BCUT2D eigenvalue weighted by Crippen LogP contribution is 2.51. The van der Waals surface area contributed by atoms with Crippen LogP contribution in [0.5, 0.6) is 11.5 Å². The first-order valence-electron chi connectivity index (χ1n) is 11.6. The Morgan fingerprint density at radius 1 is 1.22 bits per heavy atom. The summed E-state index contributed by atoms with van der Waals surface area (Å²) in [6.45, 7) is 5.03. The Kier molecular flexibility index (Phi) is 5.33. The molecule has 10 nitrogen and oxygen atoms in total. The first-order chi connectivity index (χ1) is 17.5. The summed E-state index contributed by atoms with van der Waals surface area (Å²) >= 11 is 6.76. The molecule has 0 saturated carbocycles. The molecule has 36 heavy (non-hydrogen) atoms. The van der Waals surface area contributed by atoms with E-state index in [0.29, 0.717) is 52.0 Å². The summed E-state index contributed by atoms with van der Waals surface area (Å²) in [4.78, 5) is 22.5. The Balaban J connectivity index is 1.48. The number of benzene rings is 1. The van der Waals surface area contributed by atoms with Crippen LogP contribution < -0.4 is 15.2 Å². The normalized spacial score (nSPS) is 15.6. The average Bonchev–Trinajstić information content (AvgIpc) is 3.62.